The van der Waals surface area contributed by atoms with E-state index in [1.54, 1.807) is 22.0 Å². The van der Waals surface area contributed by atoms with Crippen LogP contribution in [0.2, 0.25) is 0 Å². The molecule has 2 rings (SSSR count). The first kappa shape index (κ1) is 13.6. The molecule has 1 aliphatic rings. The molecule has 0 aliphatic carbocycles. The number of likely N-dealkylation sites (tertiary alicyclic amines) is 1. The lowest BCUT2D eigenvalue weighted by Gasteiger charge is -2.36. The number of aliphatic carboxylic acids is 1. The number of hydrogen-bond acceptors (Lipinski definition) is 3. The number of piperidine rings is 1. The van der Waals surface area contributed by atoms with Crippen LogP contribution in [0.4, 0.5) is 0 Å². The largest absolute Gasteiger partial charge is 0.481 e. The zero-order chi connectivity index (χ0) is 14.0. The van der Waals surface area contributed by atoms with E-state index in [9.17, 15) is 9.59 Å². The maximum atomic E-state index is 12.4. The first-order valence-corrected chi connectivity index (χ1v) is 6.59. The number of carbonyl (C=O) groups is 2. The van der Waals surface area contributed by atoms with Crippen LogP contribution in [0.15, 0.2) is 12.4 Å². The van der Waals surface area contributed by atoms with Gasteiger partial charge >= 0.3 is 5.97 Å². The third kappa shape index (κ3) is 2.77. The fourth-order valence-electron chi connectivity index (χ4n) is 2.40. The number of hydrogen-bond donors (Lipinski definition) is 1. The number of rotatable bonds is 3. The van der Waals surface area contributed by atoms with Crippen molar-refractivity contribution in [2.45, 2.75) is 39.3 Å². The van der Waals surface area contributed by atoms with Crippen molar-refractivity contribution in [2.24, 2.45) is 5.92 Å². The van der Waals surface area contributed by atoms with E-state index in [-0.39, 0.29) is 18.5 Å². The van der Waals surface area contributed by atoms with Crippen LogP contribution >= 0.6 is 0 Å². The smallest absolute Gasteiger partial charge is 0.308 e. The summed E-state index contributed by atoms with van der Waals surface area (Å²) in [4.78, 5) is 25.1. The Morgan fingerprint density at radius 2 is 2.21 bits per heavy atom. The Morgan fingerprint density at radius 1 is 1.47 bits per heavy atom. The third-order valence-electron chi connectivity index (χ3n) is 3.70. The molecule has 19 heavy (non-hydrogen) atoms. The predicted molar refractivity (Wildman–Crippen MR) is 68.8 cm³/mol. The molecule has 1 fully saturated rings. The Kier molecular flexibility index (Phi) is 3.87. The molecule has 2 heterocycles. The second-order valence-corrected chi connectivity index (χ2v) is 5.00. The van der Waals surface area contributed by atoms with Gasteiger partial charge in [0, 0.05) is 25.3 Å². The summed E-state index contributed by atoms with van der Waals surface area (Å²) in [7, 11) is 0. The van der Waals surface area contributed by atoms with E-state index in [1.165, 1.54) is 0 Å². The van der Waals surface area contributed by atoms with Gasteiger partial charge in [0.1, 0.15) is 0 Å². The molecule has 0 bridgehead atoms. The van der Waals surface area contributed by atoms with E-state index in [2.05, 4.69) is 5.10 Å². The Balaban J connectivity index is 2.14. The minimum Gasteiger partial charge on any atom is -0.481 e. The van der Waals surface area contributed by atoms with Crippen LogP contribution in [-0.2, 0) is 11.3 Å². The van der Waals surface area contributed by atoms with Gasteiger partial charge in [0.2, 0.25) is 0 Å². The number of carboxylic acid groups (broad SMARTS) is 1. The highest BCUT2D eigenvalue weighted by molar-refractivity contribution is 5.94. The highest BCUT2D eigenvalue weighted by Gasteiger charge is 2.33. The van der Waals surface area contributed by atoms with Crippen molar-refractivity contribution in [1.82, 2.24) is 14.7 Å². The van der Waals surface area contributed by atoms with Crippen molar-refractivity contribution >= 4 is 11.9 Å². The van der Waals surface area contributed by atoms with Crippen LogP contribution in [0.25, 0.3) is 0 Å². The van der Waals surface area contributed by atoms with Gasteiger partial charge in [-0.25, -0.2) is 0 Å². The minimum absolute atomic E-state index is 0.0769. The van der Waals surface area contributed by atoms with Crippen molar-refractivity contribution in [1.29, 1.82) is 0 Å². The standard InChI is InChI=1S/C13H19N3O3/c1-3-15-7-11(6-14-15)12(17)16-8-10(13(18)19)5-4-9(16)2/h6-7,9-10H,3-5,8H2,1-2H3,(H,18,19). The number of carboxylic acids is 1. The van der Waals surface area contributed by atoms with Gasteiger partial charge in [-0.3, -0.25) is 14.3 Å². The Labute approximate surface area is 112 Å². The summed E-state index contributed by atoms with van der Waals surface area (Å²) in [5, 5.41) is 13.2. The van der Waals surface area contributed by atoms with Crippen LogP contribution in [0.3, 0.4) is 0 Å². The van der Waals surface area contributed by atoms with E-state index in [4.69, 9.17) is 5.11 Å². The fraction of sp³-hybridized carbons (Fsp3) is 0.615. The molecule has 0 spiro atoms. The average molecular weight is 265 g/mol. The molecule has 0 saturated carbocycles. The lowest BCUT2D eigenvalue weighted by atomic mass is 9.93. The first-order chi connectivity index (χ1) is 9.02. The quantitative estimate of drug-likeness (QED) is 0.891. The number of aromatic nitrogens is 2. The molecule has 1 aromatic rings. The van der Waals surface area contributed by atoms with E-state index < -0.39 is 11.9 Å². The summed E-state index contributed by atoms with van der Waals surface area (Å²) in [5.74, 6) is -1.41. The summed E-state index contributed by atoms with van der Waals surface area (Å²) >= 11 is 0. The molecule has 0 radical (unpaired) electrons. The molecule has 1 amide bonds. The van der Waals surface area contributed by atoms with Gasteiger partial charge in [-0.15, -0.1) is 0 Å². The normalized spacial score (nSPS) is 23.4. The van der Waals surface area contributed by atoms with Crippen LogP contribution in [0.5, 0.6) is 0 Å². The number of nitrogens with zero attached hydrogens (tertiary/aromatic N) is 3. The van der Waals surface area contributed by atoms with Gasteiger partial charge in [0.15, 0.2) is 0 Å². The van der Waals surface area contributed by atoms with Crippen LogP contribution in [0.1, 0.15) is 37.0 Å². The molecule has 1 aromatic heterocycles. The van der Waals surface area contributed by atoms with Gasteiger partial charge in [-0.1, -0.05) is 0 Å². The van der Waals surface area contributed by atoms with Crippen LogP contribution in [0, 0.1) is 5.92 Å². The molecule has 2 atom stereocenters. The fourth-order valence-corrected chi connectivity index (χ4v) is 2.40. The van der Waals surface area contributed by atoms with Crippen molar-refractivity contribution in [3.63, 3.8) is 0 Å². The summed E-state index contributed by atoms with van der Waals surface area (Å²) in [6, 6.07) is 0.0769. The lowest BCUT2D eigenvalue weighted by Crippen LogP contribution is -2.47. The summed E-state index contributed by atoms with van der Waals surface area (Å²) < 4.78 is 1.69. The maximum absolute atomic E-state index is 12.4. The monoisotopic (exact) mass is 265 g/mol. The van der Waals surface area contributed by atoms with Crippen LogP contribution < -0.4 is 0 Å². The average Bonchev–Trinajstić information content (AvgIpc) is 2.87. The number of amides is 1. The predicted octanol–water partition coefficient (Wildman–Crippen LogP) is 1.23. The lowest BCUT2D eigenvalue weighted by molar-refractivity contribution is -0.143. The van der Waals surface area contributed by atoms with Crippen molar-refractivity contribution in [2.75, 3.05) is 6.54 Å². The molecule has 0 aromatic carbocycles. The maximum Gasteiger partial charge on any atom is 0.308 e. The molecule has 104 valence electrons. The molecule has 1 N–H and O–H groups in total. The van der Waals surface area contributed by atoms with Gasteiger partial charge in [-0.2, -0.15) is 5.10 Å². The summed E-state index contributed by atoms with van der Waals surface area (Å²) in [6.07, 6.45) is 4.61. The second kappa shape index (κ2) is 5.42. The molecule has 1 aliphatic heterocycles. The minimum atomic E-state index is -0.825. The highest BCUT2D eigenvalue weighted by atomic mass is 16.4. The number of aryl methyl sites for hydroxylation is 1. The van der Waals surface area contributed by atoms with Gasteiger partial charge < -0.3 is 10.0 Å². The summed E-state index contributed by atoms with van der Waals surface area (Å²) in [6.45, 7) is 4.90. The van der Waals surface area contributed by atoms with Gasteiger partial charge in [-0.05, 0) is 26.7 Å². The molecular formula is C13H19N3O3. The van der Waals surface area contributed by atoms with Crippen molar-refractivity contribution in [3.05, 3.63) is 18.0 Å². The molecular weight excluding hydrogens is 246 g/mol. The van der Waals surface area contributed by atoms with E-state index in [0.29, 0.717) is 18.5 Å². The highest BCUT2D eigenvalue weighted by Crippen LogP contribution is 2.23. The van der Waals surface area contributed by atoms with Crippen molar-refractivity contribution in [3.8, 4) is 0 Å². The Hall–Kier alpha value is -1.85. The number of carbonyl (C=O) groups excluding carboxylic acids is 1. The van der Waals surface area contributed by atoms with Gasteiger partial charge in [0.05, 0.1) is 17.7 Å². The third-order valence-corrected chi connectivity index (χ3v) is 3.70. The molecule has 6 nitrogen and oxygen atoms in total. The van der Waals surface area contributed by atoms with Crippen molar-refractivity contribution < 1.29 is 14.7 Å². The first-order valence-electron chi connectivity index (χ1n) is 6.59. The molecule has 1 saturated heterocycles. The topological polar surface area (TPSA) is 75.4 Å². The zero-order valence-electron chi connectivity index (χ0n) is 11.2. The van der Waals surface area contributed by atoms with E-state index in [0.717, 1.165) is 6.42 Å². The second-order valence-electron chi connectivity index (χ2n) is 5.00. The molecule has 2 unspecified atom stereocenters. The van der Waals surface area contributed by atoms with E-state index in [1.807, 2.05) is 13.8 Å². The Morgan fingerprint density at radius 3 is 2.79 bits per heavy atom. The van der Waals surface area contributed by atoms with Gasteiger partial charge in [0.25, 0.3) is 5.91 Å². The summed E-state index contributed by atoms with van der Waals surface area (Å²) in [5.41, 5.74) is 0.528. The Bertz CT molecular complexity index is 483. The zero-order valence-corrected chi connectivity index (χ0v) is 11.2. The van der Waals surface area contributed by atoms with E-state index >= 15 is 0 Å². The SMILES string of the molecule is CCn1cc(C(=O)N2CC(C(=O)O)CCC2C)cn1. The molecule has 6 heteroatoms. The van der Waals surface area contributed by atoms with Crippen LogP contribution in [-0.4, -0.2) is 44.3 Å².